The quantitative estimate of drug-likeness (QED) is 0.206. The molecule has 2 atom stereocenters. The molecule has 2 aromatic rings. The van der Waals surface area contributed by atoms with Gasteiger partial charge in [0.2, 0.25) is 0 Å². The zero-order chi connectivity index (χ0) is 34.7. The largest absolute Gasteiger partial charge is 2.00 e. The molecule has 0 aliphatic heterocycles. The summed E-state index contributed by atoms with van der Waals surface area (Å²) >= 11 is 0. The van der Waals surface area contributed by atoms with E-state index < -0.39 is 15.2 Å². The third kappa shape index (κ3) is 13.5. The molecule has 0 amide bonds. The Balaban J connectivity index is 0.000000842. The van der Waals surface area contributed by atoms with Gasteiger partial charge >= 0.3 is 19.5 Å². The van der Waals surface area contributed by atoms with Crippen molar-refractivity contribution in [2.24, 2.45) is 0 Å². The van der Waals surface area contributed by atoms with Gasteiger partial charge in [0.05, 0.1) is 13.2 Å². The molecule has 2 rings (SSSR count). The Morgan fingerprint density at radius 3 is 0.911 bits per heavy atom. The van der Waals surface area contributed by atoms with Crippen molar-refractivity contribution >= 4 is 15.2 Å². The molecule has 0 saturated carbocycles. The molecule has 2 unspecified atom stereocenters. The fourth-order valence-electron chi connectivity index (χ4n) is 4.79. The van der Waals surface area contributed by atoms with E-state index in [1.165, 1.54) is 0 Å². The van der Waals surface area contributed by atoms with E-state index in [0.29, 0.717) is 11.1 Å². The van der Waals surface area contributed by atoms with Gasteiger partial charge in [0, 0.05) is 12.3 Å². The molecule has 0 radical (unpaired) electrons. The summed E-state index contributed by atoms with van der Waals surface area (Å²) < 4.78 is 33.6. The van der Waals surface area contributed by atoms with Gasteiger partial charge in [-0.3, -0.25) is 0 Å². The van der Waals surface area contributed by atoms with Gasteiger partial charge in [-0.2, -0.15) is 0 Å². The number of aromatic hydroxyl groups is 2. The van der Waals surface area contributed by atoms with Crippen LogP contribution in [0.25, 0.3) is 0 Å². The number of phenols is 2. The molecular weight excluding hydrogens is 664 g/mol. The number of hydrogen-bond acceptors (Lipinski definition) is 8. The van der Waals surface area contributed by atoms with Crippen LogP contribution in [0.2, 0.25) is 0 Å². The molecule has 0 aliphatic carbocycles. The second-order valence-electron chi connectivity index (χ2n) is 15.5. The van der Waals surface area contributed by atoms with Crippen LogP contribution in [0.3, 0.4) is 0 Å². The van der Waals surface area contributed by atoms with E-state index in [9.17, 15) is 29.1 Å². The van der Waals surface area contributed by atoms with Gasteiger partial charge in [0.1, 0.15) is 26.7 Å². The molecule has 0 saturated heterocycles. The number of phenolic OH excluding ortho intramolecular Hbond substituents is 2. The van der Waals surface area contributed by atoms with Crippen molar-refractivity contribution in [3.05, 3.63) is 57.6 Å². The normalized spacial score (nSPS) is 15.3. The number of rotatable bonds is 8. The van der Waals surface area contributed by atoms with Crippen LogP contribution in [0.4, 0.5) is 0 Å². The van der Waals surface area contributed by atoms with Crippen molar-refractivity contribution in [1.82, 2.24) is 0 Å². The molecule has 0 spiro atoms. The van der Waals surface area contributed by atoms with E-state index in [4.69, 9.17) is 9.05 Å². The topological polar surface area (TPSA) is 139 Å². The summed E-state index contributed by atoms with van der Waals surface area (Å²) in [7, 11) is -7.81. The van der Waals surface area contributed by atoms with E-state index in [2.05, 4.69) is 0 Å². The van der Waals surface area contributed by atoms with Crippen molar-refractivity contribution in [2.75, 3.05) is 13.2 Å². The van der Waals surface area contributed by atoms with Crippen LogP contribution in [-0.4, -0.2) is 23.4 Å². The van der Waals surface area contributed by atoms with Gasteiger partial charge in [-0.25, -0.2) is 0 Å². The standard InChI is InChI=1S/2C17H29O4P.Zn/c2*1-8-21-22(19,20)11-12-9-13(16(2,3)4)15(18)14(10-12)17(5,6)7;/h2*9-10,18H,8,11H2,1-7H3,(H,19,20);/q;;+2/p-2. The van der Waals surface area contributed by atoms with E-state index in [1.807, 2.05) is 83.1 Å². The van der Waals surface area contributed by atoms with Gasteiger partial charge < -0.3 is 38.2 Å². The fourth-order valence-corrected chi connectivity index (χ4v) is 7.02. The Hall–Kier alpha value is -1.04. The minimum Gasteiger partial charge on any atom is -0.778 e. The predicted molar refractivity (Wildman–Crippen MR) is 177 cm³/mol. The number of benzene rings is 2. The Morgan fingerprint density at radius 2 is 0.756 bits per heavy atom. The third-order valence-corrected chi connectivity index (χ3v) is 9.78. The summed E-state index contributed by atoms with van der Waals surface area (Å²) in [6.45, 7) is 27.6. The number of hydrogen-bond donors (Lipinski definition) is 2. The van der Waals surface area contributed by atoms with Crippen molar-refractivity contribution in [3.8, 4) is 11.5 Å². The first-order valence-corrected chi connectivity index (χ1v) is 18.6. The average Bonchev–Trinajstić information content (AvgIpc) is 2.78. The second kappa shape index (κ2) is 15.9. The second-order valence-corrected chi connectivity index (χ2v) is 19.0. The Morgan fingerprint density at radius 1 is 0.556 bits per heavy atom. The Labute approximate surface area is 285 Å². The van der Waals surface area contributed by atoms with Gasteiger partial charge in [-0.05, 0) is 68.9 Å². The van der Waals surface area contributed by atoms with Crippen LogP contribution in [0.5, 0.6) is 11.5 Å². The van der Waals surface area contributed by atoms with Crippen LogP contribution >= 0.6 is 15.2 Å². The van der Waals surface area contributed by atoms with E-state index in [1.54, 1.807) is 38.1 Å². The van der Waals surface area contributed by atoms with Crippen molar-refractivity contribution < 1.29 is 57.7 Å². The van der Waals surface area contributed by atoms with Crippen molar-refractivity contribution in [1.29, 1.82) is 0 Å². The summed E-state index contributed by atoms with van der Waals surface area (Å²) in [4.78, 5) is 23.9. The summed E-state index contributed by atoms with van der Waals surface area (Å²) in [6.07, 6.45) is -0.319. The molecule has 45 heavy (non-hydrogen) atoms. The maximum atomic E-state index is 11.9. The van der Waals surface area contributed by atoms with Gasteiger partial charge in [-0.15, -0.1) is 0 Å². The molecule has 2 N–H and O–H groups in total. The molecule has 11 heteroatoms. The fraction of sp³-hybridized carbons (Fsp3) is 0.647. The van der Waals surface area contributed by atoms with Crippen LogP contribution in [0.1, 0.15) is 130 Å². The molecule has 0 fully saturated rings. The summed E-state index contributed by atoms with van der Waals surface area (Å²) in [5, 5.41) is 21.2. The van der Waals surface area contributed by atoms with Crippen LogP contribution in [0.15, 0.2) is 24.3 Å². The van der Waals surface area contributed by atoms with Crippen molar-refractivity contribution in [2.45, 2.75) is 131 Å². The molecular formula is C34H56O8P2Zn. The summed E-state index contributed by atoms with van der Waals surface area (Å²) in [5.74, 6) is 0.502. The van der Waals surface area contributed by atoms with Crippen LogP contribution < -0.4 is 9.79 Å². The SMILES string of the molecule is CCOP(=O)([O-])Cc1cc(C(C)(C)C)c(O)c(C(C)(C)C)c1.CCOP(=O)([O-])Cc1cc(C(C)(C)C)c(O)c(C(C)(C)C)c1.[Zn+2]. The first-order valence-electron chi connectivity index (χ1n) is 15.2. The van der Waals surface area contributed by atoms with E-state index in [-0.39, 0.29) is 78.2 Å². The summed E-state index contributed by atoms with van der Waals surface area (Å²) in [6, 6.07) is 7.09. The zero-order valence-electron chi connectivity index (χ0n) is 30.1. The minimum absolute atomic E-state index is 0. The first-order chi connectivity index (χ1) is 19.6. The monoisotopic (exact) mass is 718 g/mol. The third-order valence-electron chi connectivity index (χ3n) is 6.98. The average molecular weight is 720 g/mol. The summed E-state index contributed by atoms with van der Waals surface area (Å²) in [5.41, 5.74) is 3.21. The first kappa shape index (κ1) is 44.0. The van der Waals surface area contributed by atoms with Gasteiger partial charge in [0.15, 0.2) is 0 Å². The molecule has 0 bridgehead atoms. The van der Waals surface area contributed by atoms with Crippen molar-refractivity contribution in [3.63, 3.8) is 0 Å². The maximum absolute atomic E-state index is 11.9. The molecule has 0 aliphatic rings. The van der Waals surface area contributed by atoms with Gasteiger partial charge in [0.25, 0.3) is 0 Å². The molecule has 0 heterocycles. The minimum atomic E-state index is -3.91. The van der Waals surface area contributed by atoms with E-state index in [0.717, 1.165) is 22.3 Å². The molecule has 252 valence electrons. The maximum Gasteiger partial charge on any atom is 2.00 e. The Kier molecular flexibility index (Phi) is 15.5. The smallest absolute Gasteiger partial charge is 0.778 e. The van der Waals surface area contributed by atoms with Crippen LogP contribution in [-0.2, 0) is 71.6 Å². The Bertz CT molecular complexity index is 1200. The molecule has 8 nitrogen and oxygen atoms in total. The molecule has 2 aromatic carbocycles. The molecule has 0 aromatic heterocycles. The zero-order valence-corrected chi connectivity index (χ0v) is 34.8. The predicted octanol–water partition coefficient (Wildman–Crippen LogP) is 8.15. The van der Waals surface area contributed by atoms with Gasteiger partial charge in [-0.1, -0.05) is 107 Å². The van der Waals surface area contributed by atoms with Crippen LogP contribution in [0, 0.1) is 0 Å². The van der Waals surface area contributed by atoms with E-state index >= 15 is 0 Å².